The fourth-order valence-electron chi connectivity index (χ4n) is 3.80. The van der Waals surface area contributed by atoms with Crippen LogP contribution in [0.15, 0.2) is 71.0 Å². The third kappa shape index (κ3) is 5.92. The Morgan fingerprint density at radius 1 is 1.08 bits per heavy atom. The number of Topliss-reactive ketones (excluding diaryl/α,β-unsaturated/α-hetero) is 1. The van der Waals surface area contributed by atoms with E-state index in [-0.39, 0.29) is 27.3 Å². The largest absolute Gasteiger partial charge is 0.495 e. The summed E-state index contributed by atoms with van der Waals surface area (Å²) in [5, 5.41) is 8.03. The van der Waals surface area contributed by atoms with Crippen molar-refractivity contribution in [2.45, 2.75) is 29.3 Å². The van der Waals surface area contributed by atoms with Gasteiger partial charge in [0.1, 0.15) is 17.0 Å². The lowest BCUT2D eigenvalue weighted by Crippen LogP contribution is -2.35. The number of carbonyl (C=O) groups is 2. The normalized spacial score (nSPS) is 14.7. The van der Waals surface area contributed by atoms with Crippen LogP contribution in [0.25, 0.3) is 6.08 Å². The van der Waals surface area contributed by atoms with Crippen molar-refractivity contribution < 1.29 is 22.7 Å². The Labute approximate surface area is 214 Å². The number of ketones is 1. The molecule has 1 aromatic heterocycles. The second-order valence-corrected chi connectivity index (χ2v) is 11.0. The zero-order chi connectivity index (χ0) is 25.5. The van der Waals surface area contributed by atoms with Gasteiger partial charge in [0.2, 0.25) is 10.0 Å². The summed E-state index contributed by atoms with van der Waals surface area (Å²) in [4.78, 5) is 25.3. The summed E-state index contributed by atoms with van der Waals surface area (Å²) in [6.07, 6.45) is 6.78. The maximum Gasteiger partial charge on any atom is 0.258 e. The molecule has 0 bridgehead atoms. The minimum absolute atomic E-state index is 0.0708. The van der Waals surface area contributed by atoms with Crippen molar-refractivity contribution in [3.8, 4) is 5.75 Å². The van der Waals surface area contributed by atoms with Crippen LogP contribution in [0.4, 0.5) is 0 Å². The number of aromatic nitrogens is 3. The number of sulfonamides is 1. The lowest BCUT2D eigenvalue weighted by molar-refractivity contribution is 0.0957. The maximum atomic E-state index is 13.2. The van der Waals surface area contributed by atoms with E-state index < -0.39 is 15.9 Å². The quantitative estimate of drug-likeness (QED) is 0.235. The molecule has 9 nitrogen and oxygen atoms in total. The molecule has 1 aliphatic heterocycles. The number of methoxy groups -OCH3 is 1. The van der Waals surface area contributed by atoms with Crippen molar-refractivity contribution in [1.82, 2.24) is 19.1 Å². The average molecular weight is 527 g/mol. The van der Waals surface area contributed by atoms with E-state index in [9.17, 15) is 18.0 Å². The number of piperidine rings is 1. The van der Waals surface area contributed by atoms with E-state index in [1.165, 1.54) is 40.5 Å². The van der Waals surface area contributed by atoms with Gasteiger partial charge in [-0.25, -0.2) is 13.0 Å². The zero-order valence-electron chi connectivity index (χ0n) is 19.7. The molecular formula is C25H26N4O5S2. The first-order valence-corrected chi connectivity index (χ1v) is 13.8. The van der Waals surface area contributed by atoms with Crippen LogP contribution in [0.2, 0.25) is 0 Å². The highest BCUT2D eigenvalue weighted by molar-refractivity contribution is 7.99. The molecule has 2 heterocycles. The lowest BCUT2D eigenvalue weighted by Gasteiger charge is -2.26. The highest BCUT2D eigenvalue weighted by Crippen LogP contribution is 2.30. The Balaban J connectivity index is 1.49. The van der Waals surface area contributed by atoms with Gasteiger partial charge in [0.05, 0.1) is 12.9 Å². The highest BCUT2D eigenvalue weighted by Gasteiger charge is 2.29. The number of hydrogen-bond acceptors (Lipinski definition) is 8. The Bertz CT molecular complexity index is 1360. The number of carbonyl (C=O) groups excluding carboxylic acids is 2. The van der Waals surface area contributed by atoms with Gasteiger partial charge in [-0.15, -0.1) is 10.2 Å². The topological polar surface area (TPSA) is 111 Å². The first-order chi connectivity index (χ1) is 17.4. The van der Waals surface area contributed by atoms with E-state index in [0.717, 1.165) is 31.0 Å². The van der Waals surface area contributed by atoms with Crippen molar-refractivity contribution in [2.24, 2.45) is 0 Å². The van der Waals surface area contributed by atoms with E-state index in [1.54, 1.807) is 36.4 Å². The predicted octanol–water partition coefficient (Wildman–Crippen LogP) is 3.79. The molecule has 0 radical (unpaired) electrons. The minimum Gasteiger partial charge on any atom is -0.495 e. The van der Waals surface area contributed by atoms with Gasteiger partial charge in [-0.05, 0) is 36.6 Å². The summed E-state index contributed by atoms with van der Waals surface area (Å²) in [5.74, 6) is -0.148. The first-order valence-electron chi connectivity index (χ1n) is 11.4. The molecule has 2 aromatic carbocycles. The number of hydrogen-bond donors (Lipinski definition) is 0. The van der Waals surface area contributed by atoms with Crippen LogP contribution in [0.5, 0.6) is 5.75 Å². The monoisotopic (exact) mass is 526 g/mol. The van der Waals surface area contributed by atoms with Crippen molar-refractivity contribution >= 4 is 39.6 Å². The van der Waals surface area contributed by atoms with Gasteiger partial charge >= 0.3 is 0 Å². The maximum absolute atomic E-state index is 13.2. The Hall–Kier alpha value is -3.28. The molecule has 1 saturated heterocycles. The second-order valence-electron chi connectivity index (χ2n) is 8.11. The molecule has 1 aliphatic rings. The molecule has 4 rings (SSSR count). The van der Waals surface area contributed by atoms with E-state index in [0.29, 0.717) is 24.2 Å². The lowest BCUT2D eigenvalue weighted by atomic mass is 10.2. The Morgan fingerprint density at radius 2 is 1.83 bits per heavy atom. The van der Waals surface area contributed by atoms with Crippen LogP contribution in [0.3, 0.4) is 0 Å². The number of ether oxygens (including phenoxy) is 1. The Kier molecular flexibility index (Phi) is 8.34. The van der Waals surface area contributed by atoms with Crippen LogP contribution >= 0.6 is 11.8 Å². The summed E-state index contributed by atoms with van der Waals surface area (Å²) < 4.78 is 34.5. The van der Waals surface area contributed by atoms with Crippen molar-refractivity contribution in [1.29, 1.82) is 0 Å². The van der Waals surface area contributed by atoms with Crippen LogP contribution in [0.1, 0.15) is 40.0 Å². The van der Waals surface area contributed by atoms with Gasteiger partial charge in [-0.1, -0.05) is 54.6 Å². The van der Waals surface area contributed by atoms with Gasteiger partial charge < -0.3 is 4.74 Å². The second kappa shape index (κ2) is 11.6. The predicted molar refractivity (Wildman–Crippen MR) is 137 cm³/mol. The number of rotatable bonds is 9. The number of thioether (sulfide) groups is 1. The number of benzene rings is 2. The van der Waals surface area contributed by atoms with Crippen molar-refractivity contribution in [3.05, 3.63) is 72.1 Å². The van der Waals surface area contributed by atoms with Crippen LogP contribution in [-0.2, 0) is 10.0 Å². The van der Waals surface area contributed by atoms with Crippen molar-refractivity contribution in [2.75, 3.05) is 26.0 Å². The molecule has 0 N–H and O–H groups in total. The van der Waals surface area contributed by atoms with Crippen molar-refractivity contribution in [3.63, 3.8) is 0 Å². The molecule has 0 saturated carbocycles. The summed E-state index contributed by atoms with van der Waals surface area (Å²) in [5.41, 5.74) is 1.11. The molecule has 11 heteroatoms. The summed E-state index contributed by atoms with van der Waals surface area (Å²) in [6, 6.07) is 13.6. The minimum atomic E-state index is -3.73. The van der Waals surface area contributed by atoms with Gasteiger partial charge in [0.25, 0.3) is 5.91 Å². The third-order valence-electron chi connectivity index (χ3n) is 5.72. The summed E-state index contributed by atoms with van der Waals surface area (Å²) in [7, 11) is -2.30. The van der Waals surface area contributed by atoms with Crippen LogP contribution < -0.4 is 4.74 Å². The van der Waals surface area contributed by atoms with E-state index in [1.807, 2.05) is 6.07 Å². The molecule has 188 valence electrons. The molecule has 0 spiro atoms. The molecular weight excluding hydrogens is 500 g/mol. The molecule has 0 unspecified atom stereocenters. The molecule has 0 amide bonds. The van der Waals surface area contributed by atoms with Gasteiger partial charge in [0.15, 0.2) is 10.9 Å². The molecule has 3 aromatic rings. The standard InChI is InChI=1S/C25H26N4O5S2/c1-34-22-12-10-19(16-23(22)36(32,33)28-14-6-3-7-15-28)11-13-24(31)29-18-26-27-25(29)35-17-21(30)20-8-4-2-5-9-20/h2,4-5,8-13,16,18H,3,6-7,14-15,17H2,1H3/b13-11+. The highest BCUT2D eigenvalue weighted by atomic mass is 32.2. The number of allylic oxidation sites excluding steroid dienone is 1. The third-order valence-corrected chi connectivity index (χ3v) is 8.58. The van der Waals surface area contributed by atoms with Crippen LogP contribution in [0, 0.1) is 0 Å². The van der Waals surface area contributed by atoms with Gasteiger partial charge in [-0.2, -0.15) is 4.31 Å². The summed E-state index contributed by atoms with van der Waals surface area (Å²) >= 11 is 1.12. The zero-order valence-corrected chi connectivity index (χ0v) is 21.4. The van der Waals surface area contributed by atoms with Gasteiger partial charge in [-0.3, -0.25) is 9.59 Å². The first kappa shape index (κ1) is 25.8. The van der Waals surface area contributed by atoms with Gasteiger partial charge in [0, 0.05) is 24.7 Å². The fraction of sp³-hybridized carbons (Fsp3) is 0.280. The van der Waals surface area contributed by atoms with E-state index in [4.69, 9.17) is 4.74 Å². The van der Waals surface area contributed by atoms with E-state index in [2.05, 4.69) is 10.2 Å². The number of nitrogens with zero attached hydrogens (tertiary/aromatic N) is 4. The fourth-order valence-corrected chi connectivity index (χ4v) is 6.32. The van der Waals surface area contributed by atoms with E-state index >= 15 is 0 Å². The van der Waals surface area contributed by atoms with Crippen LogP contribution in [-0.4, -0.2) is 65.1 Å². The SMILES string of the molecule is COc1ccc(/C=C/C(=O)n2cnnc2SCC(=O)c2ccccc2)cc1S(=O)(=O)N1CCCCC1. The Morgan fingerprint density at radius 3 is 2.56 bits per heavy atom. The molecule has 1 fully saturated rings. The smallest absolute Gasteiger partial charge is 0.258 e. The average Bonchev–Trinajstić information content (AvgIpc) is 3.40. The molecule has 0 aliphatic carbocycles. The molecule has 36 heavy (non-hydrogen) atoms. The summed E-state index contributed by atoms with van der Waals surface area (Å²) in [6.45, 7) is 0.954. The molecule has 0 atom stereocenters.